The molecule has 1 aromatic heterocycles. The van der Waals surface area contributed by atoms with E-state index in [1.54, 1.807) is 0 Å². The molecule has 1 heterocycles. The van der Waals surface area contributed by atoms with Gasteiger partial charge in [0.15, 0.2) is 5.15 Å². The molecular weight excluding hydrogens is 413 g/mol. The lowest BCUT2D eigenvalue weighted by molar-refractivity contribution is 0.495. The van der Waals surface area contributed by atoms with E-state index < -0.39 is 20.7 Å². The average Bonchev–Trinajstić information content (AvgIpc) is 3.01. The van der Waals surface area contributed by atoms with Crippen molar-refractivity contribution in [3.8, 4) is 16.9 Å². The molecule has 3 rings (SSSR count). The minimum Gasteiger partial charge on any atom is -0.444 e. The quantitative estimate of drug-likeness (QED) is 0.606. The second-order valence-corrected chi connectivity index (χ2v) is 8.28. The summed E-state index contributed by atoms with van der Waals surface area (Å²) < 4.78 is 49.5. The van der Waals surface area contributed by atoms with E-state index in [4.69, 9.17) is 21.6 Å². The van der Waals surface area contributed by atoms with Crippen molar-refractivity contribution in [2.45, 2.75) is 4.90 Å². The summed E-state index contributed by atoms with van der Waals surface area (Å²) in [6.45, 7) is 0. The van der Waals surface area contributed by atoms with Crippen LogP contribution in [0.25, 0.3) is 0 Å². The zero-order chi connectivity index (χ0) is 19.6. The highest BCUT2D eigenvalue weighted by atomic mass is 35.5. The second kappa shape index (κ2) is 7.52. The van der Waals surface area contributed by atoms with Gasteiger partial charge in [-0.1, -0.05) is 23.7 Å². The molecule has 2 aromatic carbocycles. The summed E-state index contributed by atoms with van der Waals surface area (Å²) in [5.74, 6) is -0.456. The molecular formula is C17H11ClFN3O3S2. The van der Waals surface area contributed by atoms with E-state index in [-0.39, 0.29) is 15.8 Å². The molecule has 0 atom stereocenters. The maximum Gasteiger partial charge on any atom is 0.266 e. The Morgan fingerprint density at radius 3 is 2.52 bits per heavy atom. The molecule has 0 aliphatic carbocycles. The van der Waals surface area contributed by atoms with E-state index in [0.717, 1.165) is 21.9 Å². The van der Waals surface area contributed by atoms with Crippen molar-refractivity contribution in [1.82, 2.24) is 4.37 Å². The fraction of sp³-hybridized carbons (Fsp3) is 0.0588. The molecule has 0 aliphatic rings. The number of nitrogens with zero attached hydrogens (tertiary/aromatic N) is 3. The van der Waals surface area contributed by atoms with E-state index in [1.165, 1.54) is 49.5 Å². The van der Waals surface area contributed by atoms with Crippen LogP contribution in [0.5, 0.6) is 10.8 Å². The molecule has 138 valence electrons. The smallest absolute Gasteiger partial charge is 0.266 e. The molecule has 0 unspecified atom stereocenters. The minimum absolute atomic E-state index is 0.0600. The number of aromatic nitrogens is 1. The summed E-state index contributed by atoms with van der Waals surface area (Å²) in [4.78, 5) is -0.411. The maximum atomic E-state index is 13.9. The average molecular weight is 424 g/mol. The van der Waals surface area contributed by atoms with Gasteiger partial charge in [-0.05, 0) is 36.4 Å². The van der Waals surface area contributed by atoms with Crippen LogP contribution in [0.15, 0.2) is 53.4 Å². The number of nitriles is 1. The largest absolute Gasteiger partial charge is 0.444 e. The number of sulfonamides is 1. The SMILES string of the molecule is CN(c1ccc(Oc2snc(Cl)c2C#N)cc1)S(=O)(=O)c1ccccc1F. The first-order valence-corrected chi connectivity index (χ1v) is 10.0. The van der Waals surface area contributed by atoms with Gasteiger partial charge < -0.3 is 4.74 Å². The Morgan fingerprint density at radius 2 is 1.89 bits per heavy atom. The molecule has 27 heavy (non-hydrogen) atoms. The van der Waals surface area contributed by atoms with Crippen LogP contribution in [0, 0.1) is 17.1 Å². The molecule has 0 amide bonds. The Kier molecular flexibility index (Phi) is 5.32. The molecule has 0 bridgehead atoms. The van der Waals surface area contributed by atoms with Gasteiger partial charge >= 0.3 is 0 Å². The third kappa shape index (κ3) is 3.73. The van der Waals surface area contributed by atoms with Crippen LogP contribution in [0.3, 0.4) is 0 Å². The highest BCUT2D eigenvalue weighted by Crippen LogP contribution is 2.34. The first kappa shape index (κ1) is 19.1. The summed E-state index contributed by atoms with van der Waals surface area (Å²) in [6.07, 6.45) is 0. The fourth-order valence-corrected chi connectivity index (χ4v) is 4.36. The van der Waals surface area contributed by atoms with Gasteiger partial charge in [0.2, 0.25) is 5.06 Å². The van der Waals surface area contributed by atoms with Gasteiger partial charge in [0.25, 0.3) is 10.0 Å². The number of halogens is 2. The molecule has 0 saturated carbocycles. The van der Waals surface area contributed by atoms with Crippen LogP contribution in [-0.4, -0.2) is 19.8 Å². The molecule has 0 radical (unpaired) electrons. The molecule has 0 saturated heterocycles. The van der Waals surface area contributed by atoms with Gasteiger partial charge in [0, 0.05) is 18.6 Å². The van der Waals surface area contributed by atoms with Crippen LogP contribution >= 0.6 is 23.1 Å². The highest BCUT2D eigenvalue weighted by Gasteiger charge is 2.24. The standard InChI is InChI=1S/C17H11ClFN3O3S2/c1-22(27(23,24)15-5-3-2-4-14(15)19)11-6-8-12(9-7-11)25-17-13(10-20)16(18)21-26-17/h2-9H,1H3. The van der Waals surface area contributed by atoms with Gasteiger partial charge in [-0.25, -0.2) is 12.8 Å². The Morgan fingerprint density at radius 1 is 1.22 bits per heavy atom. The predicted octanol–water partition coefficient (Wildman–Crippen LogP) is 4.42. The van der Waals surface area contributed by atoms with Gasteiger partial charge in [0.1, 0.15) is 28.1 Å². The number of hydrogen-bond acceptors (Lipinski definition) is 6. The summed E-state index contributed by atoms with van der Waals surface area (Å²) in [5, 5.41) is 9.35. The van der Waals surface area contributed by atoms with Crippen molar-refractivity contribution in [1.29, 1.82) is 5.26 Å². The van der Waals surface area contributed by atoms with Crippen molar-refractivity contribution in [3.63, 3.8) is 0 Å². The second-order valence-electron chi connectivity index (χ2n) is 5.25. The van der Waals surface area contributed by atoms with Gasteiger partial charge in [-0.2, -0.15) is 9.64 Å². The lowest BCUT2D eigenvalue weighted by Crippen LogP contribution is -2.27. The van der Waals surface area contributed by atoms with Gasteiger partial charge in [-0.15, -0.1) is 0 Å². The summed E-state index contributed by atoms with van der Waals surface area (Å²) in [7, 11) is -2.72. The number of ether oxygens (including phenoxy) is 1. The Hall–Kier alpha value is -2.67. The molecule has 10 heteroatoms. The molecule has 0 fully saturated rings. The Balaban J connectivity index is 1.85. The highest BCUT2D eigenvalue weighted by molar-refractivity contribution is 7.92. The Bertz CT molecular complexity index is 1130. The van der Waals surface area contributed by atoms with E-state index >= 15 is 0 Å². The topological polar surface area (TPSA) is 83.3 Å². The van der Waals surface area contributed by atoms with E-state index in [2.05, 4.69) is 4.37 Å². The fourth-order valence-electron chi connectivity index (χ4n) is 2.19. The first-order chi connectivity index (χ1) is 12.8. The zero-order valence-electron chi connectivity index (χ0n) is 13.8. The monoisotopic (exact) mass is 423 g/mol. The van der Waals surface area contributed by atoms with Crippen molar-refractivity contribution < 1.29 is 17.5 Å². The molecule has 0 spiro atoms. The summed E-state index contributed by atoms with van der Waals surface area (Å²) in [6, 6.07) is 13.1. The van der Waals surface area contributed by atoms with Gasteiger partial charge in [-0.3, -0.25) is 4.31 Å². The lowest BCUT2D eigenvalue weighted by Gasteiger charge is -2.20. The molecule has 0 aliphatic heterocycles. The van der Waals surface area contributed by atoms with Crippen LogP contribution in [0.4, 0.5) is 10.1 Å². The molecule has 3 aromatic rings. The third-order valence-electron chi connectivity index (χ3n) is 3.62. The predicted molar refractivity (Wildman–Crippen MR) is 100 cm³/mol. The number of rotatable bonds is 5. The maximum absolute atomic E-state index is 13.9. The number of hydrogen-bond donors (Lipinski definition) is 0. The van der Waals surface area contributed by atoms with Crippen LogP contribution in [-0.2, 0) is 10.0 Å². The first-order valence-electron chi connectivity index (χ1n) is 7.41. The van der Waals surface area contributed by atoms with Crippen molar-refractivity contribution in [2.24, 2.45) is 0 Å². The summed E-state index contributed by atoms with van der Waals surface area (Å²) >= 11 is 6.73. The molecule has 6 nitrogen and oxygen atoms in total. The van der Waals surface area contributed by atoms with Crippen LogP contribution in [0.2, 0.25) is 5.15 Å². The van der Waals surface area contributed by atoms with Crippen molar-refractivity contribution in [2.75, 3.05) is 11.4 Å². The lowest BCUT2D eigenvalue weighted by atomic mass is 10.3. The van der Waals surface area contributed by atoms with Crippen LogP contribution < -0.4 is 9.04 Å². The van der Waals surface area contributed by atoms with E-state index in [9.17, 15) is 12.8 Å². The Labute approximate surface area is 164 Å². The summed E-state index contributed by atoms with van der Waals surface area (Å²) in [5.41, 5.74) is 0.443. The zero-order valence-corrected chi connectivity index (χ0v) is 16.1. The molecule has 0 N–H and O–H groups in total. The number of anilines is 1. The third-order valence-corrected chi connectivity index (χ3v) is 6.54. The number of benzene rings is 2. The van der Waals surface area contributed by atoms with Crippen molar-refractivity contribution in [3.05, 3.63) is 65.1 Å². The van der Waals surface area contributed by atoms with E-state index in [1.807, 2.05) is 6.07 Å². The van der Waals surface area contributed by atoms with Crippen molar-refractivity contribution >= 4 is 38.8 Å². The normalized spacial score (nSPS) is 11.0. The van der Waals surface area contributed by atoms with Crippen LogP contribution in [0.1, 0.15) is 5.56 Å². The van der Waals surface area contributed by atoms with Gasteiger partial charge in [0.05, 0.1) is 5.69 Å². The van der Waals surface area contributed by atoms with E-state index in [0.29, 0.717) is 11.4 Å². The minimum atomic E-state index is -4.05.